The fourth-order valence-electron chi connectivity index (χ4n) is 2.92. The highest BCUT2D eigenvalue weighted by molar-refractivity contribution is 5.99. The first-order chi connectivity index (χ1) is 14.1. The number of ether oxygens (including phenoxy) is 1. The van der Waals surface area contributed by atoms with Crippen molar-refractivity contribution in [3.05, 3.63) is 41.2 Å². The minimum atomic E-state index is -0.783. The summed E-state index contributed by atoms with van der Waals surface area (Å²) in [4.78, 5) is 37.4. The Balaban J connectivity index is 1.96. The molecule has 9 heteroatoms. The fourth-order valence-corrected chi connectivity index (χ4v) is 2.92. The van der Waals surface area contributed by atoms with Crippen LogP contribution in [0.3, 0.4) is 0 Å². The van der Waals surface area contributed by atoms with Gasteiger partial charge >= 0.3 is 0 Å². The van der Waals surface area contributed by atoms with Gasteiger partial charge in [-0.15, -0.1) is 0 Å². The Bertz CT molecular complexity index is 918. The van der Waals surface area contributed by atoms with E-state index in [0.717, 1.165) is 5.69 Å². The molecular formula is C21H29N5O4. The van der Waals surface area contributed by atoms with Crippen LogP contribution in [0.25, 0.3) is 0 Å². The molecule has 1 atom stereocenters. The molecule has 2 aromatic rings. The minimum Gasteiger partial charge on any atom is -0.497 e. The van der Waals surface area contributed by atoms with Gasteiger partial charge in [0.05, 0.1) is 30.7 Å². The molecule has 2 rings (SSSR count). The molecular weight excluding hydrogens is 386 g/mol. The van der Waals surface area contributed by atoms with E-state index < -0.39 is 11.9 Å². The predicted octanol–water partition coefficient (Wildman–Crippen LogP) is 1.55. The molecule has 0 saturated carbocycles. The molecule has 162 valence electrons. The normalized spacial score (nSPS) is 11.7. The molecule has 9 nitrogen and oxygen atoms in total. The topological polar surface area (TPSA) is 114 Å². The third-order valence-electron chi connectivity index (χ3n) is 4.78. The number of carbonyl (C=O) groups is 3. The molecule has 0 aliphatic heterocycles. The highest BCUT2D eigenvalue weighted by atomic mass is 16.5. The van der Waals surface area contributed by atoms with E-state index in [1.54, 1.807) is 50.0 Å². The first-order valence-corrected chi connectivity index (χ1v) is 9.66. The Morgan fingerprint density at radius 3 is 2.27 bits per heavy atom. The number of aromatic nitrogens is 2. The Morgan fingerprint density at radius 2 is 1.77 bits per heavy atom. The number of hydrogen-bond acceptors (Lipinski definition) is 5. The summed E-state index contributed by atoms with van der Waals surface area (Å²) in [6.07, 6.45) is 0. The van der Waals surface area contributed by atoms with E-state index in [2.05, 4.69) is 21.0 Å². The van der Waals surface area contributed by atoms with Gasteiger partial charge in [0.1, 0.15) is 11.8 Å². The number of rotatable bonds is 8. The zero-order chi connectivity index (χ0) is 22.4. The smallest absolute Gasteiger partial charge is 0.251 e. The van der Waals surface area contributed by atoms with E-state index in [1.807, 2.05) is 20.8 Å². The van der Waals surface area contributed by atoms with Crippen molar-refractivity contribution in [2.75, 3.05) is 19.0 Å². The molecule has 3 amide bonds. The Hall–Kier alpha value is -3.36. The summed E-state index contributed by atoms with van der Waals surface area (Å²) in [5.74, 6) is -0.710. The molecule has 0 fully saturated rings. The van der Waals surface area contributed by atoms with Gasteiger partial charge in [0.2, 0.25) is 11.8 Å². The lowest BCUT2D eigenvalue weighted by atomic mass is 10.0. The van der Waals surface area contributed by atoms with Crippen LogP contribution in [-0.4, -0.2) is 47.2 Å². The van der Waals surface area contributed by atoms with Crippen LogP contribution >= 0.6 is 0 Å². The summed E-state index contributed by atoms with van der Waals surface area (Å²) < 4.78 is 6.75. The number of benzene rings is 1. The summed E-state index contributed by atoms with van der Waals surface area (Å²) in [7, 11) is 3.33. The third-order valence-corrected chi connectivity index (χ3v) is 4.78. The quantitative estimate of drug-likeness (QED) is 0.605. The molecule has 1 heterocycles. The largest absolute Gasteiger partial charge is 0.497 e. The lowest BCUT2D eigenvalue weighted by Crippen LogP contribution is -2.51. The Labute approximate surface area is 176 Å². The molecule has 0 aliphatic carbocycles. The van der Waals surface area contributed by atoms with Crippen LogP contribution in [0, 0.1) is 19.8 Å². The van der Waals surface area contributed by atoms with Gasteiger partial charge in [-0.2, -0.15) is 5.10 Å². The molecule has 0 spiro atoms. The molecule has 1 aromatic carbocycles. The second-order valence-electron chi connectivity index (χ2n) is 7.36. The summed E-state index contributed by atoms with van der Waals surface area (Å²) >= 11 is 0. The second kappa shape index (κ2) is 9.91. The summed E-state index contributed by atoms with van der Waals surface area (Å²) in [6.45, 7) is 7.07. The van der Waals surface area contributed by atoms with Crippen LogP contribution in [-0.2, 0) is 16.6 Å². The van der Waals surface area contributed by atoms with Gasteiger partial charge in [0.25, 0.3) is 5.91 Å². The fraction of sp³-hybridized carbons (Fsp3) is 0.429. The van der Waals surface area contributed by atoms with E-state index in [4.69, 9.17) is 4.74 Å². The van der Waals surface area contributed by atoms with Crippen molar-refractivity contribution in [3.63, 3.8) is 0 Å². The highest BCUT2D eigenvalue weighted by Gasteiger charge is 2.25. The van der Waals surface area contributed by atoms with Gasteiger partial charge in [0.15, 0.2) is 0 Å². The predicted molar refractivity (Wildman–Crippen MR) is 113 cm³/mol. The molecule has 0 radical (unpaired) electrons. The van der Waals surface area contributed by atoms with Crippen molar-refractivity contribution in [1.82, 2.24) is 20.4 Å². The molecule has 3 N–H and O–H groups in total. The zero-order valence-electron chi connectivity index (χ0n) is 18.2. The lowest BCUT2D eigenvalue weighted by molar-refractivity contribution is -0.126. The lowest BCUT2D eigenvalue weighted by Gasteiger charge is -2.21. The molecule has 0 bridgehead atoms. The molecule has 1 aromatic heterocycles. The molecule has 0 unspecified atom stereocenters. The second-order valence-corrected chi connectivity index (χ2v) is 7.36. The maximum atomic E-state index is 12.6. The monoisotopic (exact) mass is 415 g/mol. The van der Waals surface area contributed by atoms with Crippen molar-refractivity contribution in [1.29, 1.82) is 0 Å². The van der Waals surface area contributed by atoms with Crippen molar-refractivity contribution in [2.24, 2.45) is 13.0 Å². The SMILES string of the molecule is COc1ccc(C(=O)N[C@H](C(=O)NCC(=O)Nc2c(C)nn(C)c2C)C(C)C)cc1. The molecule has 30 heavy (non-hydrogen) atoms. The van der Waals surface area contributed by atoms with Gasteiger partial charge < -0.3 is 20.7 Å². The number of nitrogens with zero attached hydrogens (tertiary/aromatic N) is 2. The number of hydrogen-bond donors (Lipinski definition) is 3. The van der Waals surface area contributed by atoms with E-state index in [9.17, 15) is 14.4 Å². The number of aryl methyl sites for hydroxylation is 2. The molecule has 0 aliphatic rings. The summed E-state index contributed by atoms with van der Waals surface area (Å²) in [5.41, 5.74) is 2.56. The first-order valence-electron chi connectivity index (χ1n) is 9.66. The standard InChI is InChI=1S/C21H29N5O4/c1-12(2)18(24-20(28)15-7-9-16(30-6)10-8-15)21(29)22-11-17(27)23-19-13(3)25-26(5)14(19)4/h7-10,12,18H,11H2,1-6H3,(H,22,29)(H,23,27)(H,24,28)/t18-/m0/s1. The minimum absolute atomic E-state index is 0.168. The van der Waals surface area contributed by atoms with Gasteiger partial charge in [0, 0.05) is 12.6 Å². The van der Waals surface area contributed by atoms with E-state index in [0.29, 0.717) is 22.7 Å². The summed E-state index contributed by atoms with van der Waals surface area (Å²) in [5, 5.41) is 12.3. The van der Waals surface area contributed by atoms with Crippen LogP contribution in [0.15, 0.2) is 24.3 Å². The number of nitrogens with one attached hydrogen (secondary N) is 3. The number of amides is 3. The van der Waals surface area contributed by atoms with Gasteiger partial charge in [-0.3, -0.25) is 19.1 Å². The van der Waals surface area contributed by atoms with E-state index in [-0.39, 0.29) is 24.3 Å². The molecule has 0 saturated heterocycles. The average Bonchev–Trinajstić information content (AvgIpc) is 2.95. The van der Waals surface area contributed by atoms with Gasteiger partial charge in [-0.25, -0.2) is 0 Å². The number of anilines is 1. The van der Waals surface area contributed by atoms with Crippen molar-refractivity contribution < 1.29 is 19.1 Å². The van der Waals surface area contributed by atoms with E-state index in [1.165, 1.54) is 0 Å². The van der Waals surface area contributed by atoms with Crippen LogP contribution in [0.5, 0.6) is 5.75 Å². The zero-order valence-corrected chi connectivity index (χ0v) is 18.2. The van der Waals surface area contributed by atoms with Crippen LogP contribution in [0.1, 0.15) is 35.6 Å². The van der Waals surface area contributed by atoms with Crippen molar-refractivity contribution in [3.8, 4) is 5.75 Å². The van der Waals surface area contributed by atoms with Crippen molar-refractivity contribution in [2.45, 2.75) is 33.7 Å². The summed E-state index contributed by atoms with van der Waals surface area (Å²) in [6, 6.07) is 5.80. The number of carbonyl (C=O) groups excluding carboxylic acids is 3. The van der Waals surface area contributed by atoms with Crippen LogP contribution in [0.4, 0.5) is 5.69 Å². The van der Waals surface area contributed by atoms with Crippen molar-refractivity contribution >= 4 is 23.4 Å². The first kappa shape index (κ1) is 22.9. The highest BCUT2D eigenvalue weighted by Crippen LogP contribution is 2.18. The average molecular weight is 415 g/mol. The third kappa shape index (κ3) is 5.59. The van der Waals surface area contributed by atoms with Gasteiger partial charge in [-0.05, 0) is 44.0 Å². The van der Waals surface area contributed by atoms with Gasteiger partial charge in [-0.1, -0.05) is 13.8 Å². The number of methoxy groups -OCH3 is 1. The van der Waals surface area contributed by atoms with Crippen LogP contribution < -0.4 is 20.7 Å². The maximum absolute atomic E-state index is 12.6. The van der Waals surface area contributed by atoms with E-state index >= 15 is 0 Å². The Morgan fingerprint density at radius 1 is 1.13 bits per heavy atom. The van der Waals surface area contributed by atoms with Crippen LogP contribution in [0.2, 0.25) is 0 Å². The Kier molecular flexibility index (Phi) is 7.57. The maximum Gasteiger partial charge on any atom is 0.251 e.